The molecular formula is C27H37ClN4O5. The Morgan fingerprint density at radius 3 is 2.68 bits per heavy atom. The molecule has 10 heteroatoms. The topological polar surface area (TPSA) is 117 Å². The van der Waals surface area contributed by atoms with Gasteiger partial charge in [-0.2, -0.15) is 0 Å². The summed E-state index contributed by atoms with van der Waals surface area (Å²) in [5.41, 5.74) is 0.441. The van der Waals surface area contributed by atoms with Crippen LogP contribution < -0.4 is 16.0 Å². The molecule has 0 aromatic heterocycles. The number of carbonyl (C=O) groups is 4. The molecule has 3 fully saturated rings. The van der Waals surface area contributed by atoms with E-state index >= 15 is 0 Å². The molecule has 0 bridgehead atoms. The van der Waals surface area contributed by atoms with Gasteiger partial charge in [-0.05, 0) is 42.9 Å². The van der Waals surface area contributed by atoms with Crippen LogP contribution in [0.4, 0.5) is 4.79 Å². The van der Waals surface area contributed by atoms with Crippen LogP contribution in [0.1, 0.15) is 63.9 Å². The fraction of sp³-hybridized carbons (Fsp3) is 0.630. The molecule has 1 saturated carbocycles. The first-order chi connectivity index (χ1) is 17.7. The first-order valence-corrected chi connectivity index (χ1v) is 13.6. The summed E-state index contributed by atoms with van der Waals surface area (Å²) in [5.74, 6) is -0.107. The van der Waals surface area contributed by atoms with Crippen molar-refractivity contribution in [3.8, 4) is 0 Å². The molecule has 3 N–H and O–H groups in total. The lowest BCUT2D eigenvalue weighted by molar-refractivity contribution is -0.138. The van der Waals surface area contributed by atoms with Gasteiger partial charge < -0.3 is 25.6 Å². The largest absolute Gasteiger partial charge is 0.445 e. The zero-order valence-corrected chi connectivity index (χ0v) is 22.1. The van der Waals surface area contributed by atoms with Crippen LogP contribution in [0.2, 0.25) is 5.02 Å². The second kappa shape index (κ2) is 12.2. The van der Waals surface area contributed by atoms with Crippen molar-refractivity contribution in [3.63, 3.8) is 0 Å². The van der Waals surface area contributed by atoms with E-state index in [9.17, 15) is 19.2 Å². The summed E-state index contributed by atoms with van der Waals surface area (Å²) in [7, 11) is 0. The molecule has 1 aromatic carbocycles. The highest BCUT2D eigenvalue weighted by molar-refractivity contribution is 6.30. The van der Waals surface area contributed by atoms with E-state index in [2.05, 4.69) is 16.0 Å². The number of amides is 4. The molecule has 1 aliphatic carbocycles. The standard InChI is InChI=1S/C27H37ClN4O5/c1-18(33)32-16-27(17-32)14-21(24(34)31-27)10-11-29-25(35)23(13-19-6-3-2-4-7-19)30-26(36)37-15-20-8-5-9-22(28)12-20/h5,8-9,12,19,21,23H,2-4,6-7,10-11,13-17H2,1H3,(H,29,35)(H,30,36)(H,31,34)/t21?,23-/m0/s1. The van der Waals surface area contributed by atoms with E-state index in [1.807, 2.05) is 6.07 Å². The number of benzene rings is 1. The van der Waals surface area contributed by atoms with Crippen LogP contribution in [0.5, 0.6) is 0 Å². The van der Waals surface area contributed by atoms with Gasteiger partial charge in [-0.1, -0.05) is 55.8 Å². The normalized spacial score (nSPS) is 21.6. The van der Waals surface area contributed by atoms with Gasteiger partial charge in [-0.3, -0.25) is 14.4 Å². The van der Waals surface area contributed by atoms with Crippen molar-refractivity contribution in [3.05, 3.63) is 34.9 Å². The molecule has 2 aliphatic heterocycles. The molecule has 4 rings (SSSR count). The highest BCUT2D eigenvalue weighted by atomic mass is 35.5. The summed E-state index contributed by atoms with van der Waals surface area (Å²) in [6.45, 7) is 3.01. The molecular weight excluding hydrogens is 496 g/mol. The molecule has 0 radical (unpaired) electrons. The maximum Gasteiger partial charge on any atom is 0.408 e. The number of hydrogen-bond acceptors (Lipinski definition) is 5. The van der Waals surface area contributed by atoms with E-state index in [4.69, 9.17) is 16.3 Å². The second-order valence-corrected chi connectivity index (χ2v) is 11.2. The molecule has 37 heavy (non-hydrogen) atoms. The summed E-state index contributed by atoms with van der Waals surface area (Å²) in [5, 5.41) is 9.29. The van der Waals surface area contributed by atoms with Crippen LogP contribution in [-0.2, 0) is 25.7 Å². The molecule has 1 spiro atoms. The molecule has 1 unspecified atom stereocenters. The van der Waals surface area contributed by atoms with Gasteiger partial charge in [0.25, 0.3) is 0 Å². The van der Waals surface area contributed by atoms with Gasteiger partial charge in [0, 0.05) is 37.5 Å². The molecule has 9 nitrogen and oxygen atoms in total. The van der Waals surface area contributed by atoms with Crippen molar-refractivity contribution in [1.29, 1.82) is 0 Å². The fourth-order valence-corrected chi connectivity index (χ4v) is 5.98. The van der Waals surface area contributed by atoms with Gasteiger partial charge in [-0.25, -0.2) is 4.79 Å². The van der Waals surface area contributed by atoms with Crippen molar-refractivity contribution in [2.24, 2.45) is 11.8 Å². The highest BCUT2D eigenvalue weighted by Crippen LogP contribution is 2.35. The minimum absolute atomic E-state index is 0.0122. The lowest BCUT2D eigenvalue weighted by Gasteiger charge is -2.47. The van der Waals surface area contributed by atoms with Gasteiger partial charge in [0.1, 0.15) is 12.6 Å². The minimum atomic E-state index is -0.700. The van der Waals surface area contributed by atoms with Gasteiger partial charge in [0.15, 0.2) is 0 Å². The van der Waals surface area contributed by atoms with Gasteiger partial charge in [0.05, 0.1) is 5.54 Å². The summed E-state index contributed by atoms with van der Waals surface area (Å²) in [6.07, 6.45) is 6.65. The third kappa shape index (κ3) is 7.37. The first-order valence-electron chi connectivity index (χ1n) is 13.3. The van der Waals surface area contributed by atoms with E-state index < -0.39 is 12.1 Å². The Kier molecular flexibility index (Phi) is 8.95. The molecule has 1 aromatic rings. The zero-order valence-electron chi connectivity index (χ0n) is 21.4. The number of ether oxygens (including phenoxy) is 1. The second-order valence-electron chi connectivity index (χ2n) is 10.8. The highest BCUT2D eigenvalue weighted by Gasteiger charge is 2.52. The monoisotopic (exact) mass is 532 g/mol. The Labute approximate surface area is 223 Å². The summed E-state index contributed by atoms with van der Waals surface area (Å²) >= 11 is 6.00. The average Bonchev–Trinajstić information content (AvgIpc) is 3.18. The fourth-order valence-electron chi connectivity index (χ4n) is 5.77. The Morgan fingerprint density at radius 1 is 1.22 bits per heavy atom. The first kappa shape index (κ1) is 27.2. The van der Waals surface area contributed by atoms with E-state index in [1.54, 1.807) is 23.1 Å². The lowest BCUT2D eigenvalue weighted by atomic mass is 9.84. The molecule has 2 atom stereocenters. The van der Waals surface area contributed by atoms with E-state index in [-0.39, 0.29) is 35.8 Å². The number of carbonyl (C=O) groups excluding carboxylic acids is 4. The predicted molar refractivity (Wildman–Crippen MR) is 139 cm³/mol. The van der Waals surface area contributed by atoms with E-state index in [0.29, 0.717) is 49.8 Å². The third-order valence-corrected chi connectivity index (χ3v) is 8.02. The molecule has 2 saturated heterocycles. The van der Waals surface area contributed by atoms with Crippen molar-refractivity contribution >= 4 is 35.4 Å². The maximum absolute atomic E-state index is 13.1. The van der Waals surface area contributed by atoms with E-state index in [0.717, 1.165) is 31.2 Å². The number of hydrogen-bond donors (Lipinski definition) is 3. The summed E-state index contributed by atoms with van der Waals surface area (Å²) in [6, 6.07) is 6.38. The van der Waals surface area contributed by atoms with Crippen molar-refractivity contribution < 1.29 is 23.9 Å². The smallest absolute Gasteiger partial charge is 0.408 e. The van der Waals surface area contributed by atoms with Crippen molar-refractivity contribution in [2.45, 2.75) is 76.5 Å². The van der Waals surface area contributed by atoms with Gasteiger partial charge in [0.2, 0.25) is 17.7 Å². The summed E-state index contributed by atoms with van der Waals surface area (Å²) < 4.78 is 5.35. The summed E-state index contributed by atoms with van der Waals surface area (Å²) in [4.78, 5) is 51.3. The van der Waals surface area contributed by atoms with Crippen LogP contribution in [0, 0.1) is 11.8 Å². The Bertz CT molecular complexity index is 1010. The van der Waals surface area contributed by atoms with E-state index in [1.165, 1.54) is 13.3 Å². The minimum Gasteiger partial charge on any atom is -0.445 e. The van der Waals surface area contributed by atoms with Crippen molar-refractivity contribution in [1.82, 2.24) is 20.9 Å². The van der Waals surface area contributed by atoms with Crippen LogP contribution in [-0.4, -0.2) is 59.9 Å². The number of alkyl carbamates (subject to hydrolysis) is 1. The number of nitrogens with one attached hydrogen (secondary N) is 3. The molecule has 4 amide bonds. The van der Waals surface area contributed by atoms with Crippen LogP contribution in [0.15, 0.2) is 24.3 Å². The molecule has 202 valence electrons. The maximum atomic E-state index is 13.1. The average molecular weight is 533 g/mol. The Hall–Kier alpha value is -2.81. The third-order valence-electron chi connectivity index (χ3n) is 7.78. The van der Waals surface area contributed by atoms with Crippen LogP contribution in [0.3, 0.4) is 0 Å². The SMILES string of the molecule is CC(=O)N1CC2(CC(CCNC(=O)[C@H](CC3CCCCC3)NC(=O)OCc3cccc(Cl)c3)C(=O)N2)C1. The predicted octanol–water partition coefficient (Wildman–Crippen LogP) is 3.15. The number of rotatable bonds is 9. The molecule has 3 aliphatic rings. The zero-order chi connectivity index (χ0) is 26.4. The Morgan fingerprint density at radius 2 is 1.97 bits per heavy atom. The van der Waals surface area contributed by atoms with Crippen molar-refractivity contribution in [2.75, 3.05) is 19.6 Å². The quantitative estimate of drug-likeness (QED) is 0.451. The Balaban J connectivity index is 1.26. The number of likely N-dealkylation sites (tertiary alicyclic amines) is 1. The van der Waals surface area contributed by atoms with Crippen LogP contribution in [0.25, 0.3) is 0 Å². The molecule has 2 heterocycles. The number of halogens is 1. The lowest BCUT2D eigenvalue weighted by Crippen LogP contribution is -2.68. The number of nitrogens with zero attached hydrogens (tertiary/aromatic N) is 1. The van der Waals surface area contributed by atoms with Crippen LogP contribution >= 0.6 is 11.6 Å². The van der Waals surface area contributed by atoms with Gasteiger partial charge in [-0.15, -0.1) is 0 Å². The van der Waals surface area contributed by atoms with Gasteiger partial charge >= 0.3 is 6.09 Å².